The van der Waals surface area contributed by atoms with Crippen molar-refractivity contribution in [3.63, 3.8) is 0 Å². The second kappa shape index (κ2) is 6.62. The van der Waals surface area contributed by atoms with Gasteiger partial charge in [0.1, 0.15) is 5.69 Å². The van der Waals surface area contributed by atoms with E-state index in [2.05, 4.69) is 31.2 Å². The zero-order valence-electron chi connectivity index (χ0n) is 17.0. The number of nitrogens with zero attached hydrogens (tertiary/aromatic N) is 3. The monoisotopic (exact) mass is 395 g/mol. The first-order valence-corrected chi connectivity index (χ1v) is 9.84. The van der Waals surface area contributed by atoms with Crippen LogP contribution in [0, 0.1) is 6.92 Å². The van der Waals surface area contributed by atoms with E-state index in [1.54, 1.807) is 12.4 Å². The Bertz CT molecular complexity index is 1400. The van der Waals surface area contributed by atoms with Crippen molar-refractivity contribution in [1.29, 1.82) is 0 Å². The molecule has 0 saturated heterocycles. The summed E-state index contributed by atoms with van der Waals surface area (Å²) in [6, 6.07) is 15.6. The summed E-state index contributed by atoms with van der Waals surface area (Å²) >= 11 is 0. The van der Waals surface area contributed by atoms with Gasteiger partial charge in [0.2, 0.25) is 0 Å². The average Bonchev–Trinajstić information content (AvgIpc) is 3.35. The Hall–Kier alpha value is -3.80. The third-order valence-corrected chi connectivity index (χ3v) is 5.60. The third-order valence-electron chi connectivity index (χ3n) is 5.60. The SMILES string of the molecule is Cc1cccc(C(C)(C)C(=O)c2cc3cc4c(-c5ccncc5)n[nH]c4cc3[nH]2)n1. The molecular formula is C24H21N5O. The first-order valence-electron chi connectivity index (χ1n) is 9.84. The summed E-state index contributed by atoms with van der Waals surface area (Å²) in [6.07, 6.45) is 3.51. The number of carbonyl (C=O) groups is 1. The maximum absolute atomic E-state index is 13.4. The zero-order chi connectivity index (χ0) is 20.9. The lowest BCUT2D eigenvalue weighted by atomic mass is 9.82. The Morgan fingerprint density at radius 1 is 1.00 bits per heavy atom. The van der Waals surface area contributed by atoms with Crippen LogP contribution >= 0.6 is 0 Å². The van der Waals surface area contributed by atoms with Crippen LogP contribution in [0.2, 0.25) is 0 Å². The first kappa shape index (κ1) is 18.2. The minimum absolute atomic E-state index is 0.00735. The van der Waals surface area contributed by atoms with Gasteiger partial charge in [0.25, 0.3) is 0 Å². The van der Waals surface area contributed by atoms with Crippen LogP contribution < -0.4 is 0 Å². The van der Waals surface area contributed by atoms with Crippen LogP contribution in [0.4, 0.5) is 0 Å². The van der Waals surface area contributed by atoms with Gasteiger partial charge in [0.05, 0.1) is 22.3 Å². The number of hydrogen-bond donors (Lipinski definition) is 2. The number of aromatic amines is 2. The highest BCUT2D eigenvalue weighted by molar-refractivity contribution is 6.08. The Labute approximate surface area is 173 Å². The number of fused-ring (bicyclic) bond motifs is 2. The van der Waals surface area contributed by atoms with Crippen LogP contribution in [0.5, 0.6) is 0 Å². The van der Waals surface area contributed by atoms with Gasteiger partial charge in [-0.3, -0.25) is 19.9 Å². The van der Waals surface area contributed by atoms with Crippen molar-refractivity contribution < 1.29 is 4.79 Å². The summed E-state index contributed by atoms with van der Waals surface area (Å²) in [7, 11) is 0. The lowest BCUT2D eigenvalue weighted by Crippen LogP contribution is -2.30. The molecule has 5 aromatic rings. The Kier molecular flexibility index (Phi) is 4.03. The van der Waals surface area contributed by atoms with E-state index < -0.39 is 5.41 Å². The van der Waals surface area contributed by atoms with E-state index in [9.17, 15) is 4.79 Å². The number of pyridine rings is 2. The largest absolute Gasteiger partial charge is 0.352 e. The van der Waals surface area contributed by atoms with E-state index in [0.29, 0.717) is 5.69 Å². The van der Waals surface area contributed by atoms with Crippen LogP contribution in [-0.4, -0.2) is 30.9 Å². The van der Waals surface area contributed by atoms with Crippen molar-refractivity contribution in [3.8, 4) is 11.3 Å². The van der Waals surface area contributed by atoms with E-state index in [-0.39, 0.29) is 5.78 Å². The molecule has 4 heterocycles. The molecular weight excluding hydrogens is 374 g/mol. The molecule has 0 amide bonds. The highest BCUT2D eigenvalue weighted by Gasteiger charge is 2.33. The van der Waals surface area contributed by atoms with Gasteiger partial charge >= 0.3 is 0 Å². The van der Waals surface area contributed by atoms with Crippen molar-refractivity contribution in [2.45, 2.75) is 26.2 Å². The number of carbonyl (C=O) groups excluding carboxylic acids is 1. The molecule has 0 aliphatic rings. The predicted molar refractivity (Wildman–Crippen MR) is 118 cm³/mol. The van der Waals surface area contributed by atoms with Gasteiger partial charge in [-0.1, -0.05) is 6.07 Å². The second-order valence-electron chi connectivity index (χ2n) is 8.09. The fraction of sp³-hybridized carbons (Fsp3) is 0.167. The van der Waals surface area contributed by atoms with E-state index >= 15 is 0 Å². The molecule has 0 spiro atoms. The summed E-state index contributed by atoms with van der Waals surface area (Å²) in [5.41, 5.74) is 5.17. The van der Waals surface area contributed by atoms with Crippen molar-refractivity contribution in [2.24, 2.45) is 0 Å². The van der Waals surface area contributed by atoms with Crippen molar-refractivity contribution >= 4 is 27.6 Å². The van der Waals surface area contributed by atoms with E-state index in [4.69, 9.17) is 0 Å². The highest BCUT2D eigenvalue weighted by Crippen LogP contribution is 2.32. The highest BCUT2D eigenvalue weighted by atomic mass is 16.1. The number of hydrogen-bond acceptors (Lipinski definition) is 4. The number of H-pyrrole nitrogens is 2. The summed E-state index contributed by atoms with van der Waals surface area (Å²) in [5, 5.41) is 9.54. The molecule has 6 nitrogen and oxygen atoms in total. The number of Topliss-reactive ketones (excluding diaryl/α,β-unsaturated/α-hetero) is 1. The topological polar surface area (TPSA) is 87.3 Å². The molecule has 0 saturated carbocycles. The number of aromatic nitrogens is 5. The standard InChI is InChI=1S/C24H21N5O/c1-14-5-4-6-21(26-14)24(2,3)23(30)20-12-16-11-17-19(13-18(16)27-20)28-29-22(17)15-7-9-25-10-8-15/h4-13,27H,1-3H3,(H,28,29). The molecule has 30 heavy (non-hydrogen) atoms. The van der Waals surface area contributed by atoms with Gasteiger partial charge in [0.15, 0.2) is 5.78 Å². The van der Waals surface area contributed by atoms with Gasteiger partial charge < -0.3 is 4.98 Å². The Morgan fingerprint density at radius 2 is 1.80 bits per heavy atom. The normalized spacial score (nSPS) is 12.0. The van der Waals surface area contributed by atoms with E-state index in [0.717, 1.165) is 44.5 Å². The summed E-state index contributed by atoms with van der Waals surface area (Å²) < 4.78 is 0. The fourth-order valence-corrected chi connectivity index (χ4v) is 3.84. The van der Waals surface area contributed by atoms with Crippen LogP contribution in [0.1, 0.15) is 35.7 Å². The third kappa shape index (κ3) is 2.88. The molecule has 0 radical (unpaired) electrons. The van der Waals surface area contributed by atoms with Crippen molar-refractivity contribution in [1.82, 2.24) is 25.1 Å². The zero-order valence-corrected chi connectivity index (χ0v) is 17.0. The molecule has 2 N–H and O–H groups in total. The molecule has 6 heteroatoms. The van der Waals surface area contributed by atoms with Gasteiger partial charge in [-0.15, -0.1) is 0 Å². The maximum atomic E-state index is 13.4. The smallest absolute Gasteiger partial charge is 0.190 e. The average molecular weight is 395 g/mol. The fourth-order valence-electron chi connectivity index (χ4n) is 3.84. The molecule has 0 aliphatic carbocycles. The maximum Gasteiger partial charge on any atom is 0.190 e. The number of benzene rings is 1. The lowest BCUT2D eigenvalue weighted by Gasteiger charge is -2.22. The van der Waals surface area contributed by atoms with E-state index in [1.807, 2.05) is 63.2 Å². The minimum atomic E-state index is -0.739. The number of aryl methyl sites for hydroxylation is 1. The molecule has 0 fully saturated rings. The molecule has 1 aromatic carbocycles. The molecule has 4 aromatic heterocycles. The number of nitrogens with one attached hydrogen (secondary N) is 2. The van der Waals surface area contributed by atoms with Gasteiger partial charge in [-0.25, -0.2) is 0 Å². The second-order valence-corrected chi connectivity index (χ2v) is 8.09. The Balaban J connectivity index is 1.59. The summed E-state index contributed by atoms with van der Waals surface area (Å²) in [6.45, 7) is 5.76. The molecule has 148 valence electrons. The lowest BCUT2D eigenvalue weighted by molar-refractivity contribution is 0.0901. The summed E-state index contributed by atoms with van der Waals surface area (Å²) in [5.74, 6) is 0.00735. The first-order chi connectivity index (χ1) is 14.4. The van der Waals surface area contributed by atoms with Gasteiger partial charge in [-0.2, -0.15) is 5.10 Å². The van der Waals surface area contributed by atoms with Crippen molar-refractivity contribution in [3.05, 3.63) is 78.0 Å². The molecule has 0 unspecified atom stereocenters. The van der Waals surface area contributed by atoms with Crippen LogP contribution in [-0.2, 0) is 5.41 Å². The van der Waals surface area contributed by atoms with Crippen molar-refractivity contribution in [2.75, 3.05) is 0 Å². The van der Waals surface area contributed by atoms with Gasteiger partial charge in [-0.05, 0) is 63.2 Å². The Morgan fingerprint density at radius 3 is 2.57 bits per heavy atom. The van der Waals surface area contributed by atoms with Crippen LogP contribution in [0.3, 0.4) is 0 Å². The minimum Gasteiger partial charge on any atom is -0.352 e. The van der Waals surface area contributed by atoms with Gasteiger partial charge in [0, 0.05) is 39.9 Å². The number of rotatable bonds is 4. The molecule has 0 aliphatic heterocycles. The summed E-state index contributed by atoms with van der Waals surface area (Å²) in [4.78, 5) is 25.3. The number of ketones is 1. The molecule has 0 bridgehead atoms. The molecule has 5 rings (SSSR count). The van der Waals surface area contributed by atoms with E-state index in [1.165, 1.54) is 0 Å². The van der Waals surface area contributed by atoms with Crippen LogP contribution in [0.15, 0.2) is 60.9 Å². The predicted octanol–water partition coefficient (Wildman–Crippen LogP) is 4.97. The quantitative estimate of drug-likeness (QED) is 0.421. The molecule has 0 atom stereocenters. The van der Waals surface area contributed by atoms with Crippen LogP contribution in [0.25, 0.3) is 33.1 Å².